The lowest BCUT2D eigenvalue weighted by Crippen LogP contribution is -2.27. The molecule has 0 aliphatic carbocycles. The summed E-state index contributed by atoms with van der Waals surface area (Å²) in [5.74, 6) is 0.595. The molecular weight excluding hydrogens is 378 g/mol. The lowest BCUT2D eigenvalue weighted by Gasteiger charge is -2.25. The molecule has 28 heavy (non-hydrogen) atoms. The van der Waals surface area contributed by atoms with Crippen molar-refractivity contribution in [2.45, 2.75) is 25.8 Å². The van der Waals surface area contributed by atoms with Gasteiger partial charge < -0.3 is 19.4 Å². The van der Waals surface area contributed by atoms with Gasteiger partial charge in [-0.3, -0.25) is 4.79 Å². The molecule has 1 amide bonds. The predicted octanol–water partition coefficient (Wildman–Crippen LogP) is 3.75. The lowest BCUT2D eigenvalue weighted by molar-refractivity contribution is 0.00255. The Balaban J connectivity index is 1.42. The summed E-state index contributed by atoms with van der Waals surface area (Å²) in [4.78, 5) is 16.9. The minimum atomic E-state index is -0.213. The topological polar surface area (TPSA) is 65.4 Å². The van der Waals surface area contributed by atoms with Crippen molar-refractivity contribution in [2.75, 3.05) is 7.11 Å². The van der Waals surface area contributed by atoms with Crippen LogP contribution in [0.15, 0.2) is 54.9 Å². The van der Waals surface area contributed by atoms with Crippen LogP contribution < -0.4 is 10.1 Å². The highest BCUT2D eigenvalue weighted by atomic mass is 35.5. The van der Waals surface area contributed by atoms with Crippen molar-refractivity contribution in [3.8, 4) is 5.75 Å². The van der Waals surface area contributed by atoms with E-state index in [2.05, 4.69) is 10.3 Å². The van der Waals surface area contributed by atoms with Gasteiger partial charge in [0.2, 0.25) is 0 Å². The molecule has 4 rings (SSSR count). The van der Waals surface area contributed by atoms with E-state index in [1.54, 1.807) is 25.6 Å². The highest BCUT2D eigenvalue weighted by molar-refractivity contribution is 6.30. The molecule has 3 aromatic rings. The Kier molecular flexibility index (Phi) is 5.32. The molecule has 1 N–H and O–H groups in total. The van der Waals surface area contributed by atoms with Crippen LogP contribution in [0.4, 0.5) is 0 Å². The van der Waals surface area contributed by atoms with E-state index in [9.17, 15) is 4.79 Å². The smallest absolute Gasteiger partial charge is 0.272 e. The molecule has 0 spiro atoms. The third kappa shape index (κ3) is 3.88. The summed E-state index contributed by atoms with van der Waals surface area (Å²) in [6.07, 6.45) is 1.61. The third-order valence-corrected chi connectivity index (χ3v) is 5.05. The van der Waals surface area contributed by atoms with Gasteiger partial charge >= 0.3 is 0 Å². The number of halogens is 1. The number of ether oxygens (including phenoxy) is 2. The van der Waals surface area contributed by atoms with Crippen molar-refractivity contribution < 1.29 is 14.3 Å². The van der Waals surface area contributed by atoms with Gasteiger partial charge in [0, 0.05) is 11.6 Å². The van der Waals surface area contributed by atoms with E-state index in [4.69, 9.17) is 21.1 Å². The number of hydrogen-bond acceptors (Lipinski definition) is 4. The molecule has 1 aromatic heterocycles. The first-order valence-electron chi connectivity index (χ1n) is 8.96. The van der Waals surface area contributed by atoms with Crippen molar-refractivity contribution >= 4 is 17.5 Å². The zero-order valence-corrected chi connectivity index (χ0v) is 16.1. The lowest BCUT2D eigenvalue weighted by atomic mass is 10.1. The maximum absolute atomic E-state index is 12.6. The van der Waals surface area contributed by atoms with E-state index in [0.29, 0.717) is 30.4 Å². The largest absolute Gasteiger partial charge is 0.497 e. The molecule has 7 heteroatoms. The average Bonchev–Trinajstić information content (AvgIpc) is 3.16. The maximum Gasteiger partial charge on any atom is 0.272 e. The number of benzene rings is 2. The van der Waals surface area contributed by atoms with Crippen molar-refractivity contribution in [3.05, 3.63) is 82.4 Å². The highest BCUT2D eigenvalue weighted by Gasteiger charge is 2.26. The number of hydrogen-bond donors (Lipinski definition) is 1. The molecule has 1 atom stereocenters. The van der Waals surface area contributed by atoms with Crippen LogP contribution in [-0.4, -0.2) is 22.6 Å². The van der Waals surface area contributed by atoms with Crippen LogP contribution in [0.3, 0.4) is 0 Å². The summed E-state index contributed by atoms with van der Waals surface area (Å²) in [5, 5.41) is 3.57. The zero-order chi connectivity index (χ0) is 19.5. The average molecular weight is 398 g/mol. The molecule has 2 aromatic carbocycles. The Morgan fingerprint density at radius 3 is 2.71 bits per heavy atom. The fraction of sp³-hybridized carbons (Fsp3) is 0.238. The van der Waals surface area contributed by atoms with Crippen LogP contribution in [0.1, 0.15) is 33.4 Å². The van der Waals surface area contributed by atoms with Crippen LogP contribution in [0.25, 0.3) is 0 Å². The number of rotatable bonds is 5. The van der Waals surface area contributed by atoms with Gasteiger partial charge in [0.1, 0.15) is 11.9 Å². The van der Waals surface area contributed by atoms with Crippen LogP contribution >= 0.6 is 11.6 Å². The number of carbonyl (C=O) groups excluding carboxylic acids is 1. The fourth-order valence-electron chi connectivity index (χ4n) is 3.21. The summed E-state index contributed by atoms with van der Waals surface area (Å²) >= 11 is 5.89. The Morgan fingerprint density at radius 1 is 1.25 bits per heavy atom. The SMILES string of the molecule is COc1ccc([C@H]2Cn3cnc(C(=O)NCc4ccc(Cl)cc4)c3CO2)cc1. The molecule has 0 fully saturated rings. The van der Waals surface area contributed by atoms with E-state index in [1.807, 2.05) is 41.0 Å². The number of amides is 1. The second-order valence-corrected chi connectivity index (χ2v) is 7.01. The van der Waals surface area contributed by atoms with Gasteiger partial charge in [-0.05, 0) is 35.4 Å². The predicted molar refractivity (Wildman–Crippen MR) is 105 cm³/mol. The summed E-state index contributed by atoms with van der Waals surface area (Å²) in [5.41, 5.74) is 3.23. The van der Waals surface area contributed by atoms with E-state index in [0.717, 1.165) is 22.6 Å². The first kappa shape index (κ1) is 18.5. The zero-order valence-electron chi connectivity index (χ0n) is 15.4. The molecule has 1 aliphatic rings. The molecule has 0 bridgehead atoms. The van der Waals surface area contributed by atoms with Gasteiger partial charge in [0.05, 0.1) is 32.3 Å². The normalized spacial score (nSPS) is 15.7. The second-order valence-electron chi connectivity index (χ2n) is 6.57. The van der Waals surface area contributed by atoms with Crippen LogP contribution in [0, 0.1) is 0 Å². The second kappa shape index (κ2) is 8.04. The number of aromatic nitrogens is 2. The molecule has 144 valence electrons. The highest BCUT2D eigenvalue weighted by Crippen LogP contribution is 2.28. The number of nitrogens with one attached hydrogen (secondary N) is 1. The van der Waals surface area contributed by atoms with Crippen LogP contribution in [0.5, 0.6) is 5.75 Å². The number of carbonyl (C=O) groups is 1. The van der Waals surface area contributed by atoms with Gasteiger partial charge in [-0.2, -0.15) is 0 Å². The Morgan fingerprint density at radius 2 is 2.00 bits per heavy atom. The Bertz CT molecular complexity index is 968. The fourth-order valence-corrected chi connectivity index (χ4v) is 3.33. The van der Waals surface area contributed by atoms with Crippen molar-refractivity contribution in [3.63, 3.8) is 0 Å². The van der Waals surface area contributed by atoms with Crippen LogP contribution in [-0.2, 0) is 24.4 Å². The molecule has 0 saturated carbocycles. The summed E-state index contributed by atoms with van der Waals surface area (Å²) in [6, 6.07) is 15.2. The number of fused-ring (bicyclic) bond motifs is 1. The number of imidazole rings is 1. The quantitative estimate of drug-likeness (QED) is 0.712. The molecule has 0 saturated heterocycles. The molecular formula is C21H20ClN3O3. The van der Waals surface area contributed by atoms with Gasteiger partial charge in [0.25, 0.3) is 5.91 Å². The number of methoxy groups -OCH3 is 1. The first-order chi connectivity index (χ1) is 13.6. The molecule has 1 aliphatic heterocycles. The Labute approximate surface area is 168 Å². The first-order valence-corrected chi connectivity index (χ1v) is 9.34. The maximum atomic E-state index is 12.6. The van der Waals surface area contributed by atoms with Gasteiger partial charge in [0.15, 0.2) is 5.69 Å². The van der Waals surface area contributed by atoms with Gasteiger partial charge in [-0.25, -0.2) is 4.98 Å². The van der Waals surface area contributed by atoms with Gasteiger partial charge in [-0.1, -0.05) is 35.9 Å². The third-order valence-electron chi connectivity index (χ3n) is 4.80. The van der Waals surface area contributed by atoms with Crippen molar-refractivity contribution in [2.24, 2.45) is 0 Å². The molecule has 6 nitrogen and oxygen atoms in total. The van der Waals surface area contributed by atoms with Gasteiger partial charge in [-0.15, -0.1) is 0 Å². The van der Waals surface area contributed by atoms with E-state index < -0.39 is 0 Å². The molecule has 0 radical (unpaired) electrons. The van der Waals surface area contributed by atoms with E-state index in [-0.39, 0.29) is 12.0 Å². The monoisotopic (exact) mass is 397 g/mol. The molecule has 2 heterocycles. The summed E-state index contributed by atoms with van der Waals surface area (Å²) in [7, 11) is 1.64. The van der Waals surface area contributed by atoms with Crippen LogP contribution in [0.2, 0.25) is 5.02 Å². The minimum absolute atomic E-state index is 0.0856. The summed E-state index contributed by atoms with van der Waals surface area (Å²) < 4.78 is 13.2. The molecule has 0 unspecified atom stereocenters. The minimum Gasteiger partial charge on any atom is -0.497 e. The number of nitrogens with zero attached hydrogens (tertiary/aromatic N) is 2. The summed E-state index contributed by atoms with van der Waals surface area (Å²) in [6.45, 7) is 1.36. The standard InChI is InChI=1S/C21H20ClN3O3/c1-27-17-8-4-15(5-9-17)19-11-25-13-24-20(18(25)12-28-19)21(26)23-10-14-2-6-16(22)7-3-14/h2-9,13,19H,10-12H2,1H3,(H,23,26)/t19-/m1/s1. The van der Waals surface area contributed by atoms with Crippen molar-refractivity contribution in [1.82, 2.24) is 14.9 Å². The Hall–Kier alpha value is -2.83. The van der Waals surface area contributed by atoms with Crippen molar-refractivity contribution in [1.29, 1.82) is 0 Å². The van der Waals surface area contributed by atoms with E-state index in [1.165, 1.54) is 0 Å². The van der Waals surface area contributed by atoms with E-state index >= 15 is 0 Å².